The first-order valence-corrected chi connectivity index (χ1v) is 30.7. The van der Waals surface area contributed by atoms with Crippen LogP contribution in [0.3, 0.4) is 0 Å². The third kappa shape index (κ3) is 10.3. The van der Waals surface area contributed by atoms with Crippen molar-refractivity contribution in [2.45, 2.75) is 265 Å². The molecule has 27 heteroatoms. The van der Waals surface area contributed by atoms with Crippen LogP contribution in [-0.2, 0) is 52.1 Å². The Morgan fingerprint density at radius 1 is 0.447 bits per heavy atom. The monoisotopic (exact) mass is 1220 g/mol. The molecule has 11 aliphatic rings. The molecule has 5 saturated carbocycles. The van der Waals surface area contributed by atoms with Crippen LogP contribution in [0.1, 0.15) is 106 Å². The summed E-state index contributed by atoms with van der Waals surface area (Å²) in [6.45, 7) is 10.6. The van der Waals surface area contributed by atoms with Crippen molar-refractivity contribution in [2.24, 2.45) is 50.2 Å². The molecule has 16 N–H and O–H groups in total. The topological polar surface area (TPSA) is 425 Å². The molecule has 0 amide bonds. The van der Waals surface area contributed by atoms with E-state index in [0.717, 1.165) is 51.4 Å². The first-order valence-electron chi connectivity index (χ1n) is 30.7. The molecule has 0 aromatic rings. The number of rotatable bonds is 14. The lowest BCUT2D eigenvalue weighted by Gasteiger charge is -2.75. The van der Waals surface area contributed by atoms with Crippen molar-refractivity contribution >= 4 is 0 Å². The van der Waals surface area contributed by atoms with E-state index in [1.807, 2.05) is 0 Å². The minimum Gasteiger partial charge on any atom is -0.396 e. The fourth-order valence-electron chi connectivity index (χ4n) is 18.9. The van der Waals surface area contributed by atoms with Gasteiger partial charge in [-0.15, -0.1) is 0 Å². The third-order valence-corrected chi connectivity index (χ3v) is 24.2. The van der Waals surface area contributed by atoms with Crippen LogP contribution >= 0.6 is 0 Å². The van der Waals surface area contributed by atoms with E-state index in [1.54, 1.807) is 0 Å². The van der Waals surface area contributed by atoms with Gasteiger partial charge in [0.15, 0.2) is 31.5 Å². The van der Waals surface area contributed by atoms with Crippen molar-refractivity contribution < 1.29 is 134 Å². The highest BCUT2D eigenvalue weighted by molar-refractivity contribution is 5.28. The van der Waals surface area contributed by atoms with Gasteiger partial charge >= 0.3 is 0 Å². The van der Waals surface area contributed by atoms with Crippen LogP contribution in [0.15, 0.2) is 0 Å². The molecule has 0 aromatic carbocycles. The standard InChI is InChI=1S/C58H96O27/c1-52(2)29-7-11-55(5)30(8-12-58-31-15-53(3,22-62)13-14-57(31,23-77-58)32(64)16-56(55,58)6)54(29,4)10-9-33(52)82-50-45(84-49-43(74)40(71)36(67)26(18-60)79-49)38(69)28(21-76-50)81-51-46(85-47-41(72)34(65)24(63)20-75-47)44(37(68)27(19-61)80-51)83-48-42(73)39(70)35(66)25(17-59)78-48/h24-51,59-74H,7-23H2,1-6H3/t24-,25+,26+,27+,28-,29-,30+,31+,32+,33-,34+,35-,36-,37+,38-,39-,40-,41+,42+,43+,44-,45+,46+,47-,48-,49-,50-,51-,53-,54+,55+,56-,57+,58-/m0/s1. The van der Waals surface area contributed by atoms with Gasteiger partial charge in [-0.25, -0.2) is 0 Å². The van der Waals surface area contributed by atoms with Gasteiger partial charge in [-0.3, -0.25) is 0 Å². The summed E-state index contributed by atoms with van der Waals surface area (Å²) >= 11 is 0. The molecule has 11 rings (SSSR count). The maximum atomic E-state index is 12.7. The SMILES string of the molecule is CC1(C)[C@@H](O[C@@H]2OC[C@H](O[C@@H]3O[C@H](CO)[C@@H](O)[C@H](O[C@@H]4O[C@H](CO)[C@H](O)[C@H](O)[C@H]4O)[C@H]3O[C@@H]3OC[C@H](O)[C@@H](O)[C@H]3O)[C@H](O)[C@H]2O[C@@H]2O[C@H](CO)[C@H](O)[C@H](O)[C@H]2O)CC[C@@]2(C)[C@H]3CC[C@]45OC[C@@]6(CC[C@](C)(CO)C[C@H]64)[C@H](O)C[C@@]5(C)[C@]3(C)CC[C@@H]12. The molecule has 6 heterocycles. The highest BCUT2D eigenvalue weighted by Gasteiger charge is 2.80. The van der Waals surface area contributed by atoms with Gasteiger partial charge < -0.3 is 134 Å². The maximum absolute atomic E-state index is 12.7. The molecule has 11 fully saturated rings. The van der Waals surface area contributed by atoms with Gasteiger partial charge in [0, 0.05) is 17.4 Å². The molecule has 34 atom stereocenters. The van der Waals surface area contributed by atoms with Gasteiger partial charge in [0.1, 0.15) is 110 Å². The molecule has 2 bridgehead atoms. The van der Waals surface area contributed by atoms with Gasteiger partial charge in [-0.2, -0.15) is 0 Å². The van der Waals surface area contributed by atoms with Gasteiger partial charge in [0.25, 0.3) is 0 Å². The van der Waals surface area contributed by atoms with Crippen LogP contribution < -0.4 is 0 Å². The smallest absolute Gasteiger partial charge is 0.187 e. The molecule has 0 aromatic heterocycles. The molecular weight excluding hydrogens is 1130 g/mol. The predicted molar refractivity (Wildman–Crippen MR) is 284 cm³/mol. The maximum Gasteiger partial charge on any atom is 0.187 e. The van der Waals surface area contributed by atoms with Crippen molar-refractivity contribution in [1.29, 1.82) is 0 Å². The number of hydrogen-bond acceptors (Lipinski definition) is 27. The summed E-state index contributed by atoms with van der Waals surface area (Å²) in [5.74, 6) is 0.421. The molecule has 6 aliphatic heterocycles. The quantitative estimate of drug-likeness (QED) is 0.0732. The molecular formula is C58H96O27. The lowest BCUT2D eigenvalue weighted by Crippen LogP contribution is -2.74. The molecule has 0 unspecified atom stereocenters. The molecule has 1 spiro atoms. The minimum absolute atomic E-state index is 0.0812. The largest absolute Gasteiger partial charge is 0.396 e. The second kappa shape index (κ2) is 23.8. The van der Waals surface area contributed by atoms with Crippen molar-refractivity contribution in [2.75, 3.05) is 46.2 Å². The zero-order valence-corrected chi connectivity index (χ0v) is 49.3. The average Bonchev–Trinajstić information content (AvgIpc) is 1.63. The fourth-order valence-corrected chi connectivity index (χ4v) is 18.9. The van der Waals surface area contributed by atoms with E-state index in [1.165, 1.54) is 0 Å². The molecule has 5 aliphatic carbocycles. The highest BCUT2D eigenvalue weighted by Crippen LogP contribution is 2.80. The first kappa shape index (κ1) is 65.4. The molecule has 27 nitrogen and oxygen atoms in total. The van der Waals surface area contributed by atoms with Crippen molar-refractivity contribution in [3.05, 3.63) is 0 Å². The Morgan fingerprint density at radius 3 is 1.64 bits per heavy atom. The van der Waals surface area contributed by atoms with Crippen LogP contribution in [0, 0.1) is 50.2 Å². The number of fused-ring (bicyclic) bond motifs is 4. The zero-order valence-electron chi connectivity index (χ0n) is 49.3. The molecule has 0 radical (unpaired) electrons. The third-order valence-electron chi connectivity index (χ3n) is 24.2. The van der Waals surface area contributed by atoms with Crippen LogP contribution in [0.4, 0.5) is 0 Å². The van der Waals surface area contributed by atoms with E-state index >= 15 is 0 Å². The summed E-state index contributed by atoms with van der Waals surface area (Å²) in [5, 5.41) is 175. The summed E-state index contributed by atoms with van der Waals surface area (Å²) in [6, 6.07) is 0. The zero-order chi connectivity index (χ0) is 61.5. The molecule has 85 heavy (non-hydrogen) atoms. The Labute approximate surface area is 493 Å². The van der Waals surface area contributed by atoms with Gasteiger partial charge in [-0.05, 0) is 104 Å². The Bertz CT molecular complexity index is 2310. The predicted octanol–water partition coefficient (Wildman–Crippen LogP) is -4.28. The van der Waals surface area contributed by atoms with E-state index in [0.29, 0.717) is 19.4 Å². The summed E-state index contributed by atoms with van der Waals surface area (Å²) in [6.07, 6.45) is -34.5. The number of hydrogen-bond donors (Lipinski definition) is 16. The Hall–Kier alpha value is -1.08. The van der Waals surface area contributed by atoms with E-state index in [9.17, 15) is 81.7 Å². The number of aliphatic hydroxyl groups excluding tert-OH is 16. The second-order valence-corrected chi connectivity index (χ2v) is 28.8. The van der Waals surface area contributed by atoms with Crippen molar-refractivity contribution in [1.82, 2.24) is 0 Å². The number of aliphatic hydroxyl groups is 16. The summed E-state index contributed by atoms with van der Waals surface area (Å²) < 4.78 is 68.7. The lowest BCUT2D eigenvalue weighted by molar-refractivity contribution is -0.404. The number of ether oxygens (including phenoxy) is 11. The highest BCUT2D eigenvalue weighted by atomic mass is 16.8. The van der Waals surface area contributed by atoms with E-state index in [4.69, 9.17) is 52.1 Å². The van der Waals surface area contributed by atoms with Crippen LogP contribution in [0.25, 0.3) is 0 Å². The van der Waals surface area contributed by atoms with Gasteiger partial charge in [0.05, 0.1) is 57.5 Å². The first-order chi connectivity index (χ1) is 40.0. The van der Waals surface area contributed by atoms with Crippen LogP contribution in [0.5, 0.6) is 0 Å². The van der Waals surface area contributed by atoms with E-state index in [-0.39, 0.29) is 51.4 Å². The summed E-state index contributed by atoms with van der Waals surface area (Å²) in [7, 11) is 0. The van der Waals surface area contributed by atoms with Gasteiger partial charge in [-0.1, -0.05) is 41.5 Å². The lowest BCUT2D eigenvalue weighted by atomic mass is 9.30. The molecule has 6 saturated heterocycles. The van der Waals surface area contributed by atoms with Crippen molar-refractivity contribution in [3.63, 3.8) is 0 Å². The van der Waals surface area contributed by atoms with Crippen LogP contribution in [-0.4, -0.2) is 287 Å². The summed E-state index contributed by atoms with van der Waals surface area (Å²) in [4.78, 5) is 0. The normalized spacial score (nSPS) is 57.7. The summed E-state index contributed by atoms with van der Waals surface area (Å²) in [5.41, 5.74) is -2.46. The Kier molecular flexibility index (Phi) is 18.3. The average molecular weight is 1230 g/mol. The minimum atomic E-state index is -2.03. The Morgan fingerprint density at radius 2 is 1.01 bits per heavy atom. The second-order valence-electron chi connectivity index (χ2n) is 28.8. The van der Waals surface area contributed by atoms with E-state index in [2.05, 4.69) is 41.5 Å². The van der Waals surface area contributed by atoms with Gasteiger partial charge in [0.2, 0.25) is 0 Å². The Balaban J connectivity index is 0.867. The van der Waals surface area contributed by atoms with Crippen molar-refractivity contribution in [3.8, 4) is 0 Å². The fraction of sp³-hybridized carbons (Fsp3) is 1.00. The van der Waals surface area contributed by atoms with E-state index < -0.39 is 198 Å². The molecule has 490 valence electrons. The van der Waals surface area contributed by atoms with Crippen LogP contribution in [0.2, 0.25) is 0 Å².